The number of amides is 1. The molecule has 1 amide bonds. The van der Waals surface area contributed by atoms with Crippen molar-refractivity contribution in [2.45, 2.75) is 32.2 Å². The number of nitrogens with zero attached hydrogens (tertiary/aromatic N) is 2. The van der Waals surface area contributed by atoms with Crippen LogP contribution >= 0.6 is 0 Å². The first-order valence-electron chi connectivity index (χ1n) is 6.66. The molecule has 19 heavy (non-hydrogen) atoms. The molecule has 5 heteroatoms. The van der Waals surface area contributed by atoms with Gasteiger partial charge in [-0.3, -0.25) is 4.79 Å². The molecule has 5 nitrogen and oxygen atoms in total. The molecule has 1 saturated heterocycles. The number of nitrogens with two attached hydrogens (primary N) is 1. The fourth-order valence-corrected chi connectivity index (χ4v) is 2.55. The van der Waals surface area contributed by atoms with Crippen molar-refractivity contribution >= 4 is 11.7 Å². The van der Waals surface area contributed by atoms with Gasteiger partial charge >= 0.3 is 0 Å². The third-order valence-corrected chi connectivity index (χ3v) is 4.16. The van der Waals surface area contributed by atoms with Gasteiger partial charge < -0.3 is 16.0 Å². The standard InChI is InChI=1S/C14H22N4O/c1-10-4-7-17-13(11(10)12(15)19)18-8-5-14(2,16-3)6-9-18/h4,7,16H,5-6,8-9H2,1-3H3,(H2,15,19). The molecule has 0 aromatic carbocycles. The smallest absolute Gasteiger partial charge is 0.252 e. The second kappa shape index (κ2) is 5.17. The van der Waals surface area contributed by atoms with E-state index in [0.29, 0.717) is 5.56 Å². The van der Waals surface area contributed by atoms with Gasteiger partial charge in [-0.05, 0) is 45.4 Å². The molecular weight excluding hydrogens is 240 g/mol. The Morgan fingerprint density at radius 1 is 1.47 bits per heavy atom. The first kappa shape index (κ1) is 13.8. The highest BCUT2D eigenvalue weighted by molar-refractivity contribution is 5.99. The van der Waals surface area contributed by atoms with E-state index in [1.54, 1.807) is 6.20 Å². The molecular formula is C14H22N4O. The summed E-state index contributed by atoms with van der Waals surface area (Å²) in [7, 11) is 2.00. The molecule has 0 saturated carbocycles. The maximum absolute atomic E-state index is 11.6. The van der Waals surface area contributed by atoms with Crippen LogP contribution in [0.3, 0.4) is 0 Å². The van der Waals surface area contributed by atoms with Crippen molar-refractivity contribution in [2.24, 2.45) is 5.73 Å². The Hall–Kier alpha value is -1.62. The first-order chi connectivity index (χ1) is 8.97. The fraction of sp³-hybridized carbons (Fsp3) is 0.571. The highest BCUT2D eigenvalue weighted by Gasteiger charge is 2.30. The molecule has 0 bridgehead atoms. The van der Waals surface area contributed by atoms with E-state index in [2.05, 4.69) is 22.1 Å². The number of pyridine rings is 1. The fourth-order valence-electron chi connectivity index (χ4n) is 2.55. The van der Waals surface area contributed by atoms with Crippen LogP contribution in [0, 0.1) is 6.92 Å². The minimum Gasteiger partial charge on any atom is -0.365 e. The minimum atomic E-state index is -0.400. The van der Waals surface area contributed by atoms with Crippen LogP contribution in [-0.2, 0) is 0 Å². The van der Waals surface area contributed by atoms with E-state index in [4.69, 9.17) is 5.73 Å². The van der Waals surface area contributed by atoms with E-state index < -0.39 is 5.91 Å². The summed E-state index contributed by atoms with van der Waals surface area (Å²) in [5, 5.41) is 3.36. The zero-order valence-electron chi connectivity index (χ0n) is 11.9. The number of aromatic nitrogens is 1. The van der Waals surface area contributed by atoms with E-state index in [1.807, 2.05) is 20.0 Å². The van der Waals surface area contributed by atoms with Crippen molar-refractivity contribution in [1.29, 1.82) is 0 Å². The van der Waals surface area contributed by atoms with Crippen molar-refractivity contribution in [1.82, 2.24) is 10.3 Å². The quantitative estimate of drug-likeness (QED) is 0.854. The van der Waals surface area contributed by atoms with Gasteiger partial charge in [0.05, 0.1) is 5.56 Å². The summed E-state index contributed by atoms with van der Waals surface area (Å²) >= 11 is 0. The Morgan fingerprint density at radius 2 is 2.11 bits per heavy atom. The third kappa shape index (κ3) is 2.71. The van der Waals surface area contributed by atoms with Crippen LogP contribution in [0.2, 0.25) is 0 Å². The number of carbonyl (C=O) groups is 1. The number of aryl methyl sites for hydroxylation is 1. The zero-order chi connectivity index (χ0) is 14.0. The van der Waals surface area contributed by atoms with Gasteiger partial charge in [0.1, 0.15) is 5.82 Å². The summed E-state index contributed by atoms with van der Waals surface area (Å²) in [6.45, 7) is 5.89. The minimum absolute atomic E-state index is 0.174. The normalized spacial score (nSPS) is 18.4. The number of piperidine rings is 1. The van der Waals surface area contributed by atoms with E-state index >= 15 is 0 Å². The molecule has 0 radical (unpaired) electrons. The van der Waals surface area contributed by atoms with Crippen LogP contribution < -0.4 is 16.0 Å². The molecule has 1 aromatic rings. The molecule has 0 atom stereocenters. The highest BCUT2D eigenvalue weighted by atomic mass is 16.1. The Morgan fingerprint density at radius 3 is 2.63 bits per heavy atom. The topological polar surface area (TPSA) is 71.2 Å². The lowest BCUT2D eigenvalue weighted by atomic mass is 9.89. The number of hydrogen-bond donors (Lipinski definition) is 2. The number of primary amides is 1. The molecule has 1 aromatic heterocycles. The molecule has 1 fully saturated rings. The molecule has 2 heterocycles. The number of rotatable bonds is 3. The van der Waals surface area contributed by atoms with Crippen LogP contribution in [0.5, 0.6) is 0 Å². The predicted molar refractivity (Wildman–Crippen MR) is 76.4 cm³/mol. The molecule has 3 N–H and O–H groups in total. The Bertz CT molecular complexity index is 478. The van der Waals surface area contributed by atoms with Crippen molar-refractivity contribution in [3.63, 3.8) is 0 Å². The van der Waals surface area contributed by atoms with Crippen molar-refractivity contribution in [3.05, 3.63) is 23.4 Å². The SMILES string of the molecule is CNC1(C)CCN(c2nccc(C)c2C(N)=O)CC1. The van der Waals surface area contributed by atoms with Gasteiger partial charge in [-0.1, -0.05) is 0 Å². The number of anilines is 1. The molecule has 0 spiro atoms. The van der Waals surface area contributed by atoms with Crippen LogP contribution in [0.4, 0.5) is 5.82 Å². The van der Waals surface area contributed by atoms with E-state index in [9.17, 15) is 4.79 Å². The highest BCUT2D eigenvalue weighted by Crippen LogP contribution is 2.27. The Labute approximate surface area is 114 Å². The summed E-state index contributed by atoms with van der Waals surface area (Å²) in [5.41, 5.74) is 7.10. The monoisotopic (exact) mass is 262 g/mol. The third-order valence-electron chi connectivity index (χ3n) is 4.16. The second-order valence-corrected chi connectivity index (χ2v) is 5.49. The average Bonchev–Trinajstić information content (AvgIpc) is 2.39. The van der Waals surface area contributed by atoms with Crippen LogP contribution in [0.15, 0.2) is 12.3 Å². The molecule has 104 valence electrons. The van der Waals surface area contributed by atoms with Crippen molar-refractivity contribution in [3.8, 4) is 0 Å². The lowest BCUT2D eigenvalue weighted by molar-refractivity contribution is 0.1000. The Kier molecular flexibility index (Phi) is 3.75. The Balaban J connectivity index is 2.25. The van der Waals surface area contributed by atoms with Crippen molar-refractivity contribution < 1.29 is 4.79 Å². The van der Waals surface area contributed by atoms with E-state index in [0.717, 1.165) is 37.3 Å². The lowest BCUT2D eigenvalue weighted by Crippen LogP contribution is -2.50. The molecule has 1 aliphatic rings. The zero-order valence-corrected chi connectivity index (χ0v) is 11.9. The largest absolute Gasteiger partial charge is 0.365 e. The average molecular weight is 262 g/mol. The van der Waals surface area contributed by atoms with Gasteiger partial charge in [0.25, 0.3) is 5.91 Å². The van der Waals surface area contributed by atoms with Crippen molar-refractivity contribution in [2.75, 3.05) is 25.0 Å². The van der Waals surface area contributed by atoms with Crippen LogP contribution in [0.25, 0.3) is 0 Å². The van der Waals surface area contributed by atoms with Gasteiger partial charge in [0.15, 0.2) is 0 Å². The maximum Gasteiger partial charge on any atom is 0.252 e. The predicted octanol–water partition coefficient (Wildman–Crippen LogP) is 1.07. The molecule has 0 unspecified atom stereocenters. The summed E-state index contributed by atoms with van der Waals surface area (Å²) in [4.78, 5) is 18.1. The van der Waals surface area contributed by atoms with Gasteiger partial charge in [-0.2, -0.15) is 0 Å². The summed E-state index contributed by atoms with van der Waals surface area (Å²) in [6.07, 6.45) is 3.79. The van der Waals surface area contributed by atoms with Gasteiger partial charge in [-0.25, -0.2) is 4.98 Å². The molecule has 2 rings (SSSR count). The van der Waals surface area contributed by atoms with Crippen LogP contribution in [-0.4, -0.2) is 36.6 Å². The first-order valence-corrected chi connectivity index (χ1v) is 6.66. The second-order valence-electron chi connectivity index (χ2n) is 5.49. The van der Waals surface area contributed by atoms with E-state index in [-0.39, 0.29) is 5.54 Å². The van der Waals surface area contributed by atoms with Crippen LogP contribution in [0.1, 0.15) is 35.7 Å². The number of carbonyl (C=O) groups excluding carboxylic acids is 1. The molecule has 0 aliphatic carbocycles. The van der Waals surface area contributed by atoms with Gasteiger partial charge in [-0.15, -0.1) is 0 Å². The number of nitrogens with one attached hydrogen (secondary N) is 1. The lowest BCUT2D eigenvalue weighted by Gasteiger charge is -2.40. The molecule has 1 aliphatic heterocycles. The summed E-state index contributed by atoms with van der Waals surface area (Å²) < 4.78 is 0. The van der Waals surface area contributed by atoms with E-state index in [1.165, 1.54) is 0 Å². The summed E-state index contributed by atoms with van der Waals surface area (Å²) in [5.74, 6) is 0.327. The number of hydrogen-bond acceptors (Lipinski definition) is 4. The van der Waals surface area contributed by atoms with Gasteiger partial charge in [0, 0.05) is 24.8 Å². The maximum atomic E-state index is 11.6. The summed E-state index contributed by atoms with van der Waals surface area (Å²) in [6, 6.07) is 1.82. The van der Waals surface area contributed by atoms with Gasteiger partial charge in [0.2, 0.25) is 0 Å².